The number of aromatic nitrogens is 7. The third kappa shape index (κ3) is 9.33. The van der Waals surface area contributed by atoms with E-state index in [0.29, 0.717) is 5.56 Å². The average Bonchev–Trinajstić information content (AvgIpc) is 2.37. The van der Waals surface area contributed by atoms with Gasteiger partial charge in [-0.05, 0) is 119 Å². The van der Waals surface area contributed by atoms with Crippen molar-refractivity contribution in [3.63, 3.8) is 0 Å². The molecule has 0 N–H and O–H groups in total. The number of rotatable bonds is 11. The van der Waals surface area contributed by atoms with E-state index in [1.54, 1.807) is 0 Å². The minimum atomic E-state index is 0.581. The molecule has 0 bridgehead atoms. The van der Waals surface area contributed by atoms with Crippen LogP contribution in [-0.4, -0.2) is 34.1 Å². The monoisotopic (exact) mass is 1120 g/mol. The van der Waals surface area contributed by atoms with Crippen molar-refractivity contribution in [3.05, 3.63) is 310 Å². The molecule has 7 heterocycles. The Morgan fingerprint density at radius 2 is 0.557 bits per heavy atom. The van der Waals surface area contributed by atoms with E-state index >= 15 is 0 Å². The topological polar surface area (TPSA) is 98.1 Å². The molecule has 0 saturated heterocycles. The Kier molecular flexibility index (Phi) is 12.7. The van der Waals surface area contributed by atoms with Gasteiger partial charge in [0.1, 0.15) is 5.82 Å². The van der Waals surface area contributed by atoms with Gasteiger partial charge in [-0.15, -0.1) is 0 Å². The molecule has 8 nitrogen and oxygen atoms in total. The quantitative estimate of drug-likeness (QED) is 0.128. The van der Waals surface area contributed by atoms with Gasteiger partial charge in [-0.2, -0.15) is 5.26 Å². The summed E-state index contributed by atoms with van der Waals surface area (Å²) in [4.78, 5) is 25.2. The summed E-state index contributed by atoms with van der Waals surface area (Å²) in [6.07, 6.45) is 9.89. The predicted molar refractivity (Wildman–Crippen MR) is 358 cm³/mol. The highest BCUT2D eigenvalue weighted by Gasteiger charge is 2.22. The van der Waals surface area contributed by atoms with Crippen molar-refractivity contribution in [2.45, 2.75) is 0 Å². The standard InChI is InChI=1S/C80H50N8/c81-46-52-21-23-53(24-22-52)66-45-80(88-77-39-31-60(64-27-35-73(84-49-64)56-17-9-3-10-18-56)43-69(77)70-44-61(32-40-78(70)88)65-28-36-74(85-50-65)57-19-11-4-12-20-57)86-51-79(66)87-75-37-29-58(62-25-33-71(82-47-62)54-13-5-1-6-14-54)41-67(75)68-42-59(30-38-76(68)87)63-26-34-72(83-48-63)55-15-7-2-8-16-55/h1-45,47-51H. The molecule has 0 aliphatic heterocycles. The van der Waals surface area contributed by atoms with Crippen LogP contribution in [0.3, 0.4) is 0 Å². The third-order valence-corrected chi connectivity index (χ3v) is 16.9. The van der Waals surface area contributed by atoms with Crippen molar-refractivity contribution >= 4 is 43.6 Å². The van der Waals surface area contributed by atoms with Crippen molar-refractivity contribution in [1.29, 1.82) is 5.26 Å². The highest BCUT2D eigenvalue weighted by atomic mass is 15.1. The van der Waals surface area contributed by atoms with Crippen LogP contribution in [0.5, 0.6) is 0 Å². The minimum Gasteiger partial charge on any atom is -0.307 e. The molecule has 8 heteroatoms. The lowest BCUT2D eigenvalue weighted by Crippen LogP contribution is -2.03. The van der Waals surface area contributed by atoms with Gasteiger partial charge < -0.3 is 4.57 Å². The molecule has 0 fully saturated rings. The van der Waals surface area contributed by atoms with Crippen LogP contribution in [0.25, 0.3) is 156 Å². The zero-order chi connectivity index (χ0) is 58.5. The number of hydrogen-bond donors (Lipinski definition) is 0. The highest BCUT2D eigenvalue weighted by molar-refractivity contribution is 6.13. The summed E-state index contributed by atoms with van der Waals surface area (Å²) >= 11 is 0. The fraction of sp³-hybridized carbons (Fsp3) is 0. The molecule has 88 heavy (non-hydrogen) atoms. The molecule has 7 aromatic heterocycles. The van der Waals surface area contributed by atoms with Gasteiger partial charge in [-0.1, -0.05) is 182 Å². The molecular formula is C80H50N8. The van der Waals surface area contributed by atoms with Gasteiger partial charge >= 0.3 is 0 Å². The summed E-state index contributed by atoms with van der Waals surface area (Å²) in [7, 11) is 0. The predicted octanol–water partition coefficient (Wildman–Crippen LogP) is 19.7. The molecule has 0 spiro atoms. The van der Waals surface area contributed by atoms with Gasteiger partial charge in [0.2, 0.25) is 0 Å². The number of pyridine rings is 5. The zero-order valence-electron chi connectivity index (χ0n) is 47.4. The maximum Gasteiger partial charge on any atom is 0.138 e. The molecule has 0 radical (unpaired) electrons. The Bertz CT molecular complexity index is 5030. The summed E-state index contributed by atoms with van der Waals surface area (Å²) in [6, 6.07) is 97.3. The first kappa shape index (κ1) is 51.5. The lowest BCUT2D eigenvalue weighted by atomic mass is 10.0. The van der Waals surface area contributed by atoms with Crippen LogP contribution >= 0.6 is 0 Å². The van der Waals surface area contributed by atoms with Gasteiger partial charge in [0.05, 0.1) is 68.4 Å². The summed E-state index contributed by atoms with van der Waals surface area (Å²) in [5.74, 6) is 0.745. The van der Waals surface area contributed by atoms with Crippen LogP contribution < -0.4 is 0 Å². The van der Waals surface area contributed by atoms with Crippen molar-refractivity contribution in [3.8, 4) is 118 Å². The molecule has 0 unspecified atom stereocenters. The lowest BCUT2D eigenvalue weighted by Gasteiger charge is -2.17. The van der Waals surface area contributed by atoms with Gasteiger partial charge in [-0.25, -0.2) is 4.98 Å². The van der Waals surface area contributed by atoms with E-state index in [-0.39, 0.29) is 0 Å². The number of nitrogens with zero attached hydrogens (tertiary/aromatic N) is 8. The van der Waals surface area contributed by atoms with E-state index in [4.69, 9.17) is 24.9 Å². The van der Waals surface area contributed by atoms with Crippen LogP contribution in [0.2, 0.25) is 0 Å². The van der Waals surface area contributed by atoms with Crippen LogP contribution in [0.1, 0.15) is 5.56 Å². The third-order valence-electron chi connectivity index (χ3n) is 16.9. The molecule has 0 amide bonds. The number of nitriles is 1. The summed E-state index contributed by atoms with van der Waals surface area (Å²) < 4.78 is 4.62. The second-order valence-corrected chi connectivity index (χ2v) is 22.0. The second-order valence-electron chi connectivity index (χ2n) is 22.0. The maximum atomic E-state index is 10.1. The fourth-order valence-electron chi connectivity index (χ4n) is 12.3. The first-order chi connectivity index (χ1) is 43.5. The van der Waals surface area contributed by atoms with Gasteiger partial charge in [0.15, 0.2) is 0 Å². The fourth-order valence-corrected chi connectivity index (χ4v) is 12.3. The Morgan fingerprint density at radius 1 is 0.250 bits per heavy atom. The van der Waals surface area contributed by atoms with Crippen LogP contribution in [0, 0.1) is 11.3 Å². The SMILES string of the molecule is N#Cc1ccc(-c2cc(-n3c4ccc(-c5ccc(-c6ccccc6)nc5)cc4c4cc(-c5ccc(-c6ccccc6)nc5)ccc43)ncc2-n2c3ccc(-c4ccc(-c5ccccc5)nc4)cc3c3cc(-c4ccc(-c5ccccc5)nc4)ccc32)cc1. The van der Waals surface area contributed by atoms with Gasteiger partial charge in [0.25, 0.3) is 0 Å². The smallest absolute Gasteiger partial charge is 0.138 e. The molecule has 410 valence electrons. The molecular weight excluding hydrogens is 1070 g/mol. The van der Waals surface area contributed by atoms with E-state index in [0.717, 1.165) is 156 Å². The van der Waals surface area contributed by atoms with Crippen LogP contribution in [-0.2, 0) is 0 Å². The molecule has 0 aliphatic carbocycles. The summed E-state index contributed by atoms with van der Waals surface area (Å²) in [5.41, 5.74) is 23.7. The normalized spacial score (nSPS) is 11.4. The number of fused-ring (bicyclic) bond motifs is 6. The molecule has 0 aliphatic rings. The Balaban J connectivity index is 0.874. The Hall–Kier alpha value is -12.2. The first-order valence-electron chi connectivity index (χ1n) is 29.3. The van der Waals surface area contributed by atoms with Crippen molar-refractivity contribution in [2.75, 3.05) is 0 Å². The van der Waals surface area contributed by atoms with Crippen LogP contribution in [0.15, 0.2) is 304 Å². The number of benzene rings is 9. The molecule has 16 rings (SSSR count). The number of hydrogen-bond acceptors (Lipinski definition) is 6. The summed E-state index contributed by atoms with van der Waals surface area (Å²) in [6.45, 7) is 0. The molecule has 0 atom stereocenters. The van der Waals surface area contributed by atoms with Gasteiger partial charge in [-0.3, -0.25) is 24.5 Å². The summed E-state index contributed by atoms with van der Waals surface area (Å²) in [5, 5.41) is 14.4. The molecule has 0 saturated carbocycles. The average molecular weight is 1120 g/mol. The largest absolute Gasteiger partial charge is 0.307 e. The van der Waals surface area contributed by atoms with Crippen molar-refractivity contribution in [2.24, 2.45) is 0 Å². The molecule has 9 aromatic carbocycles. The van der Waals surface area contributed by atoms with E-state index in [1.807, 2.05) is 128 Å². The Labute approximate surface area is 507 Å². The highest BCUT2D eigenvalue weighted by Crippen LogP contribution is 2.43. The van der Waals surface area contributed by atoms with E-state index in [2.05, 4.69) is 191 Å². The van der Waals surface area contributed by atoms with Crippen molar-refractivity contribution < 1.29 is 0 Å². The minimum absolute atomic E-state index is 0.581. The lowest BCUT2D eigenvalue weighted by molar-refractivity contribution is 1.06. The molecule has 16 aromatic rings. The second kappa shape index (κ2) is 21.8. The van der Waals surface area contributed by atoms with Gasteiger partial charge in [0, 0.05) is 96.4 Å². The van der Waals surface area contributed by atoms with E-state index < -0.39 is 0 Å². The zero-order valence-corrected chi connectivity index (χ0v) is 47.4. The van der Waals surface area contributed by atoms with E-state index in [1.165, 1.54) is 0 Å². The van der Waals surface area contributed by atoms with Crippen LogP contribution in [0.4, 0.5) is 0 Å². The maximum absolute atomic E-state index is 10.1. The van der Waals surface area contributed by atoms with Crippen molar-refractivity contribution in [1.82, 2.24) is 34.1 Å². The first-order valence-corrected chi connectivity index (χ1v) is 29.3. The Morgan fingerprint density at radius 3 is 0.864 bits per heavy atom. The van der Waals surface area contributed by atoms with E-state index in [9.17, 15) is 5.26 Å².